The topological polar surface area (TPSA) is 41.1 Å². The summed E-state index contributed by atoms with van der Waals surface area (Å²) in [7, 11) is 2.10. The Bertz CT molecular complexity index is 395. The van der Waals surface area contributed by atoms with Gasteiger partial charge in [-0.05, 0) is 26.2 Å². The second-order valence-electron chi connectivity index (χ2n) is 5.85. The van der Waals surface area contributed by atoms with Crippen molar-refractivity contribution in [3.05, 3.63) is 11.9 Å². The average molecular weight is 250 g/mol. The third-order valence-corrected chi connectivity index (χ3v) is 3.57. The van der Waals surface area contributed by atoms with Crippen LogP contribution in [0.2, 0.25) is 0 Å². The molecule has 0 amide bonds. The average Bonchev–Trinajstić information content (AvgIpc) is 2.29. The van der Waals surface area contributed by atoms with Crippen molar-refractivity contribution in [2.45, 2.75) is 47.6 Å². The van der Waals surface area contributed by atoms with Gasteiger partial charge in [-0.25, -0.2) is 9.97 Å². The van der Waals surface area contributed by atoms with Crippen LogP contribution in [0.3, 0.4) is 0 Å². The van der Waals surface area contributed by atoms with Crippen LogP contribution in [-0.2, 0) is 0 Å². The van der Waals surface area contributed by atoms with Gasteiger partial charge < -0.3 is 10.2 Å². The molecule has 0 fully saturated rings. The molecule has 0 aliphatic heterocycles. The van der Waals surface area contributed by atoms with E-state index in [0.717, 1.165) is 23.7 Å². The summed E-state index contributed by atoms with van der Waals surface area (Å²) in [6.07, 6.45) is 1.63. The highest BCUT2D eigenvalue weighted by atomic mass is 15.2. The van der Waals surface area contributed by atoms with Gasteiger partial charge in [-0.1, -0.05) is 20.8 Å². The molecule has 0 radical (unpaired) electrons. The number of aromatic nitrogens is 2. The summed E-state index contributed by atoms with van der Waals surface area (Å²) in [4.78, 5) is 10.9. The number of rotatable bonds is 4. The number of anilines is 2. The number of hydrogen-bond acceptors (Lipinski definition) is 4. The molecule has 1 aromatic heterocycles. The molecular formula is C14H26N4. The fourth-order valence-electron chi connectivity index (χ4n) is 1.91. The minimum absolute atomic E-state index is 0.213. The Morgan fingerprint density at radius 3 is 2.44 bits per heavy atom. The quantitative estimate of drug-likeness (QED) is 0.891. The largest absolute Gasteiger partial charge is 0.370 e. The molecule has 1 atom stereocenters. The van der Waals surface area contributed by atoms with E-state index in [1.807, 2.05) is 0 Å². The Balaban J connectivity index is 3.06. The highest BCUT2D eigenvalue weighted by molar-refractivity contribution is 5.58. The van der Waals surface area contributed by atoms with Gasteiger partial charge in [0.15, 0.2) is 0 Å². The standard InChI is InChI=1S/C14H26N4/c1-8-15-12-10(2)13(17-9-16-12)18(7)11(3)14(4,5)6/h9,11H,8H2,1-7H3,(H,15,16,17). The smallest absolute Gasteiger partial charge is 0.137 e. The minimum Gasteiger partial charge on any atom is -0.370 e. The minimum atomic E-state index is 0.213. The molecule has 0 saturated heterocycles. The zero-order chi connectivity index (χ0) is 13.9. The highest BCUT2D eigenvalue weighted by Gasteiger charge is 2.26. The van der Waals surface area contributed by atoms with E-state index in [4.69, 9.17) is 0 Å². The molecular weight excluding hydrogens is 224 g/mol. The van der Waals surface area contributed by atoms with Gasteiger partial charge in [0.05, 0.1) is 0 Å². The van der Waals surface area contributed by atoms with Gasteiger partial charge >= 0.3 is 0 Å². The summed E-state index contributed by atoms with van der Waals surface area (Å²) >= 11 is 0. The number of nitrogens with zero attached hydrogens (tertiary/aromatic N) is 3. The molecule has 0 aromatic carbocycles. The lowest BCUT2D eigenvalue weighted by molar-refractivity contribution is 0.328. The van der Waals surface area contributed by atoms with Crippen molar-refractivity contribution in [3.8, 4) is 0 Å². The summed E-state index contributed by atoms with van der Waals surface area (Å²) < 4.78 is 0. The third kappa shape index (κ3) is 3.12. The molecule has 1 heterocycles. The van der Waals surface area contributed by atoms with Crippen molar-refractivity contribution >= 4 is 11.6 Å². The third-order valence-electron chi connectivity index (χ3n) is 3.57. The molecule has 1 unspecified atom stereocenters. The van der Waals surface area contributed by atoms with Gasteiger partial charge in [-0.15, -0.1) is 0 Å². The van der Waals surface area contributed by atoms with Crippen LogP contribution in [-0.4, -0.2) is 29.6 Å². The molecule has 1 rings (SSSR count). The Kier molecular flexibility index (Phi) is 4.54. The first-order valence-corrected chi connectivity index (χ1v) is 6.57. The van der Waals surface area contributed by atoms with Gasteiger partial charge in [0.1, 0.15) is 18.0 Å². The van der Waals surface area contributed by atoms with E-state index in [1.165, 1.54) is 0 Å². The van der Waals surface area contributed by atoms with Gasteiger partial charge in [-0.2, -0.15) is 0 Å². The van der Waals surface area contributed by atoms with Crippen molar-refractivity contribution in [2.24, 2.45) is 5.41 Å². The predicted octanol–water partition coefficient (Wildman–Crippen LogP) is 3.09. The van der Waals surface area contributed by atoms with Gasteiger partial charge in [0, 0.05) is 25.2 Å². The summed E-state index contributed by atoms with van der Waals surface area (Å²) in [5.74, 6) is 1.93. The molecule has 0 bridgehead atoms. The van der Waals surface area contributed by atoms with E-state index in [-0.39, 0.29) is 5.41 Å². The summed E-state index contributed by atoms with van der Waals surface area (Å²) in [5, 5.41) is 3.27. The Morgan fingerprint density at radius 1 is 1.33 bits per heavy atom. The predicted molar refractivity (Wildman–Crippen MR) is 78.3 cm³/mol. The van der Waals surface area contributed by atoms with Gasteiger partial charge in [0.25, 0.3) is 0 Å². The van der Waals surface area contributed by atoms with Crippen molar-refractivity contribution in [3.63, 3.8) is 0 Å². The van der Waals surface area contributed by atoms with Crippen LogP contribution < -0.4 is 10.2 Å². The first-order chi connectivity index (χ1) is 8.29. The van der Waals surface area contributed by atoms with Crippen LogP contribution in [0.4, 0.5) is 11.6 Å². The maximum Gasteiger partial charge on any atom is 0.137 e. The summed E-state index contributed by atoms with van der Waals surface area (Å²) in [6.45, 7) is 14.0. The van der Waals surface area contributed by atoms with Crippen molar-refractivity contribution in [1.82, 2.24) is 9.97 Å². The molecule has 1 N–H and O–H groups in total. The molecule has 0 aliphatic rings. The van der Waals surface area contributed by atoms with Crippen LogP contribution in [0.25, 0.3) is 0 Å². The second-order valence-corrected chi connectivity index (χ2v) is 5.85. The van der Waals surface area contributed by atoms with Crippen molar-refractivity contribution in [1.29, 1.82) is 0 Å². The van der Waals surface area contributed by atoms with Crippen LogP contribution in [0.1, 0.15) is 40.2 Å². The van der Waals surface area contributed by atoms with Crippen LogP contribution in [0.5, 0.6) is 0 Å². The van der Waals surface area contributed by atoms with Crippen LogP contribution >= 0.6 is 0 Å². The maximum atomic E-state index is 4.43. The van der Waals surface area contributed by atoms with E-state index in [2.05, 4.69) is 68.8 Å². The monoisotopic (exact) mass is 250 g/mol. The first kappa shape index (κ1) is 14.7. The number of hydrogen-bond donors (Lipinski definition) is 1. The van der Waals surface area contributed by atoms with Crippen molar-refractivity contribution < 1.29 is 0 Å². The molecule has 0 spiro atoms. The molecule has 4 heteroatoms. The Labute approximate surface area is 111 Å². The molecule has 4 nitrogen and oxygen atoms in total. The Hall–Kier alpha value is -1.32. The van der Waals surface area contributed by atoms with E-state index in [9.17, 15) is 0 Å². The summed E-state index contributed by atoms with van der Waals surface area (Å²) in [5.41, 5.74) is 1.32. The molecule has 102 valence electrons. The van der Waals surface area contributed by atoms with Gasteiger partial charge in [-0.3, -0.25) is 0 Å². The maximum absolute atomic E-state index is 4.43. The molecule has 18 heavy (non-hydrogen) atoms. The zero-order valence-corrected chi connectivity index (χ0v) is 12.7. The molecule has 1 aromatic rings. The van der Waals surface area contributed by atoms with Crippen LogP contribution in [0, 0.1) is 12.3 Å². The number of nitrogens with one attached hydrogen (secondary N) is 1. The molecule has 0 saturated carbocycles. The summed E-state index contributed by atoms with van der Waals surface area (Å²) in [6, 6.07) is 0.403. The van der Waals surface area contributed by atoms with Gasteiger partial charge in [0.2, 0.25) is 0 Å². The normalized spacial score (nSPS) is 13.3. The Morgan fingerprint density at radius 2 is 1.94 bits per heavy atom. The lowest BCUT2D eigenvalue weighted by Crippen LogP contribution is -2.40. The van der Waals surface area contributed by atoms with E-state index < -0.39 is 0 Å². The van der Waals surface area contributed by atoms with E-state index >= 15 is 0 Å². The van der Waals surface area contributed by atoms with E-state index in [0.29, 0.717) is 6.04 Å². The lowest BCUT2D eigenvalue weighted by Gasteiger charge is -2.36. The first-order valence-electron chi connectivity index (χ1n) is 6.57. The fraction of sp³-hybridized carbons (Fsp3) is 0.714. The van der Waals surface area contributed by atoms with Crippen LogP contribution in [0.15, 0.2) is 6.33 Å². The second kappa shape index (κ2) is 5.55. The van der Waals surface area contributed by atoms with Crippen molar-refractivity contribution in [2.75, 3.05) is 23.8 Å². The van der Waals surface area contributed by atoms with E-state index in [1.54, 1.807) is 6.33 Å². The lowest BCUT2D eigenvalue weighted by atomic mass is 9.87. The molecule has 0 aliphatic carbocycles. The SMILES string of the molecule is CCNc1ncnc(N(C)C(C)C(C)(C)C)c1C. The zero-order valence-electron chi connectivity index (χ0n) is 12.7. The fourth-order valence-corrected chi connectivity index (χ4v) is 1.91. The highest BCUT2D eigenvalue weighted by Crippen LogP contribution is 2.29.